The largest absolute Gasteiger partial charge is 0.244 e. The van der Waals surface area contributed by atoms with E-state index in [0.29, 0.717) is 11.8 Å². The van der Waals surface area contributed by atoms with Gasteiger partial charge in [-0.25, -0.2) is 0 Å². The van der Waals surface area contributed by atoms with Crippen molar-refractivity contribution in [3.05, 3.63) is 42.1 Å². The minimum absolute atomic E-state index is 0.483. The summed E-state index contributed by atoms with van der Waals surface area (Å²) in [6.45, 7) is 4.55. The molecule has 0 radical (unpaired) electrons. The van der Waals surface area contributed by atoms with E-state index < -0.39 is 0 Å². The van der Waals surface area contributed by atoms with Crippen LogP contribution in [0.1, 0.15) is 64.4 Å². The maximum atomic E-state index is 4.50. The normalized spacial score (nSPS) is 16.0. The molecule has 1 aromatic rings. The Hall–Kier alpha value is -1.57. The average molecular weight is 311 g/mol. The second-order valence-electron chi connectivity index (χ2n) is 6.58. The van der Waals surface area contributed by atoms with E-state index in [1.54, 1.807) is 0 Å². The Kier molecular flexibility index (Phi) is 7.92. The van der Waals surface area contributed by atoms with E-state index in [4.69, 9.17) is 0 Å². The van der Waals surface area contributed by atoms with E-state index in [0.717, 1.165) is 19.0 Å². The molecule has 1 aromatic carbocycles. The standard InChI is InChI=1S/C21H31N2/c1-3-5-6-7-11-14-19(17-18-12-9-8-10-13-18)20(4-2)21-22-15-16-23-21/h8-10,12-13,15-16,19-20H,3-7,11,14,17H2,1-2H3/q+1. The second kappa shape index (κ2) is 10.3. The van der Waals surface area contributed by atoms with E-state index >= 15 is 0 Å². The van der Waals surface area contributed by atoms with E-state index in [1.165, 1.54) is 44.1 Å². The first-order valence-corrected chi connectivity index (χ1v) is 9.32. The van der Waals surface area contributed by atoms with Gasteiger partial charge < -0.3 is 0 Å². The third kappa shape index (κ3) is 5.85. The smallest absolute Gasteiger partial charge is 0.0965 e. The van der Waals surface area contributed by atoms with Gasteiger partial charge in [0.25, 0.3) is 0 Å². The summed E-state index contributed by atoms with van der Waals surface area (Å²) in [6.07, 6.45) is 15.0. The molecule has 0 aromatic heterocycles. The van der Waals surface area contributed by atoms with Crippen molar-refractivity contribution in [1.29, 1.82) is 0 Å². The number of hydrogen-bond acceptors (Lipinski definition) is 2. The van der Waals surface area contributed by atoms with Crippen molar-refractivity contribution in [1.82, 2.24) is 0 Å². The molecular formula is C21H31N2+. The van der Waals surface area contributed by atoms with Gasteiger partial charge in [0.15, 0.2) is 12.4 Å². The summed E-state index contributed by atoms with van der Waals surface area (Å²) in [7, 11) is 0. The number of benzene rings is 1. The number of hydrogen-bond donors (Lipinski definition) is 0. The molecular weight excluding hydrogens is 280 g/mol. The van der Waals surface area contributed by atoms with Crippen LogP contribution in [0.5, 0.6) is 0 Å². The van der Waals surface area contributed by atoms with Crippen molar-refractivity contribution >= 4 is 12.4 Å². The van der Waals surface area contributed by atoms with Gasteiger partial charge in [0.2, 0.25) is 6.17 Å². The molecule has 2 heteroatoms. The van der Waals surface area contributed by atoms with E-state index in [1.807, 2.05) is 12.4 Å². The van der Waals surface area contributed by atoms with Crippen LogP contribution < -0.4 is 0 Å². The quantitative estimate of drug-likeness (QED) is 0.360. The highest BCUT2D eigenvalue weighted by atomic mass is 15.0. The van der Waals surface area contributed by atoms with Gasteiger partial charge in [-0.1, -0.05) is 86.3 Å². The predicted molar refractivity (Wildman–Crippen MR) is 101 cm³/mol. The van der Waals surface area contributed by atoms with Crippen LogP contribution in [0.4, 0.5) is 0 Å². The number of unbranched alkanes of at least 4 members (excludes halogenated alkanes) is 4. The van der Waals surface area contributed by atoms with Gasteiger partial charge in [-0.05, 0) is 30.7 Å². The summed E-state index contributed by atoms with van der Waals surface area (Å²) in [6, 6.07) is 10.9. The third-order valence-corrected chi connectivity index (χ3v) is 4.84. The highest BCUT2D eigenvalue weighted by Gasteiger charge is 2.34. The molecule has 1 aliphatic rings. The fraction of sp³-hybridized carbons (Fsp3) is 0.571. The molecule has 2 nitrogen and oxygen atoms in total. The Morgan fingerprint density at radius 2 is 1.61 bits per heavy atom. The lowest BCUT2D eigenvalue weighted by Crippen LogP contribution is -2.21. The third-order valence-electron chi connectivity index (χ3n) is 4.84. The monoisotopic (exact) mass is 311 g/mol. The number of nitrogens with zero attached hydrogens (tertiary/aromatic N) is 2. The zero-order valence-corrected chi connectivity index (χ0v) is 14.7. The molecule has 0 saturated heterocycles. The summed E-state index contributed by atoms with van der Waals surface area (Å²) >= 11 is 0. The first-order valence-electron chi connectivity index (χ1n) is 9.32. The Bertz CT molecular complexity index is 466. The van der Waals surface area contributed by atoms with Gasteiger partial charge in [0.1, 0.15) is 0 Å². The highest BCUT2D eigenvalue weighted by Crippen LogP contribution is 2.35. The molecule has 0 N–H and O–H groups in total. The van der Waals surface area contributed by atoms with Gasteiger partial charge in [0, 0.05) is 0 Å². The lowest BCUT2D eigenvalue weighted by atomic mass is 9.80. The molecule has 0 aliphatic carbocycles. The molecule has 23 heavy (non-hydrogen) atoms. The lowest BCUT2D eigenvalue weighted by molar-refractivity contribution is 0.300. The topological polar surface area (TPSA) is 24.7 Å². The molecule has 0 amide bonds. The minimum Gasteiger partial charge on any atom is -0.0965 e. The van der Waals surface area contributed by atoms with Crippen LogP contribution in [0, 0.1) is 18.0 Å². The van der Waals surface area contributed by atoms with Crippen LogP contribution in [0.15, 0.2) is 40.3 Å². The molecule has 2 rings (SSSR count). The predicted octanol–water partition coefficient (Wildman–Crippen LogP) is 5.88. The summed E-state index contributed by atoms with van der Waals surface area (Å²) in [5.41, 5.74) is 1.44. The first kappa shape index (κ1) is 17.8. The Labute approximate surface area is 142 Å². The molecule has 0 fully saturated rings. The van der Waals surface area contributed by atoms with Gasteiger partial charge in [-0.15, -0.1) is 0 Å². The SMILES string of the molecule is CCCCCCCC(Cc1ccccc1)C(CC)[C+]1N=CC=N1. The van der Waals surface area contributed by atoms with E-state index in [-0.39, 0.29) is 0 Å². The zero-order valence-electron chi connectivity index (χ0n) is 14.7. The minimum atomic E-state index is 0.483. The van der Waals surface area contributed by atoms with E-state index in [2.05, 4.69) is 54.2 Å². The fourth-order valence-corrected chi connectivity index (χ4v) is 3.54. The van der Waals surface area contributed by atoms with Crippen LogP contribution in [0.3, 0.4) is 0 Å². The molecule has 0 bridgehead atoms. The molecule has 0 spiro atoms. The van der Waals surface area contributed by atoms with Crippen LogP contribution in [-0.2, 0) is 6.42 Å². The van der Waals surface area contributed by atoms with Crippen LogP contribution in [-0.4, -0.2) is 12.4 Å². The number of aliphatic imine (C=N–C) groups is 2. The summed E-state index contributed by atoms with van der Waals surface area (Å²) in [5, 5.41) is 0. The maximum absolute atomic E-state index is 4.50. The van der Waals surface area contributed by atoms with Crippen molar-refractivity contribution < 1.29 is 0 Å². The van der Waals surface area contributed by atoms with Gasteiger partial charge in [-0.3, -0.25) is 0 Å². The van der Waals surface area contributed by atoms with Gasteiger partial charge in [0.05, 0.1) is 5.92 Å². The Balaban J connectivity index is 1.97. The van der Waals surface area contributed by atoms with Gasteiger partial charge in [-0.2, -0.15) is 0 Å². The first-order chi connectivity index (χ1) is 11.3. The van der Waals surface area contributed by atoms with Crippen LogP contribution in [0.2, 0.25) is 0 Å². The number of rotatable bonds is 11. The molecule has 2 atom stereocenters. The summed E-state index contributed by atoms with van der Waals surface area (Å²) < 4.78 is 0. The van der Waals surface area contributed by atoms with Crippen molar-refractivity contribution in [3.63, 3.8) is 0 Å². The molecule has 2 unspecified atom stereocenters. The molecule has 0 saturated carbocycles. The lowest BCUT2D eigenvalue weighted by Gasteiger charge is -2.24. The highest BCUT2D eigenvalue weighted by molar-refractivity contribution is 6.18. The van der Waals surface area contributed by atoms with E-state index in [9.17, 15) is 0 Å². The fourth-order valence-electron chi connectivity index (χ4n) is 3.54. The van der Waals surface area contributed by atoms with Crippen molar-refractivity contribution in [3.8, 4) is 0 Å². The van der Waals surface area contributed by atoms with Crippen molar-refractivity contribution in [2.75, 3.05) is 0 Å². The summed E-state index contributed by atoms with van der Waals surface area (Å²) in [4.78, 5) is 8.99. The average Bonchev–Trinajstić information content (AvgIpc) is 3.10. The maximum Gasteiger partial charge on any atom is 0.244 e. The van der Waals surface area contributed by atoms with Crippen LogP contribution in [0.25, 0.3) is 0 Å². The van der Waals surface area contributed by atoms with Gasteiger partial charge >= 0.3 is 0 Å². The zero-order chi connectivity index (χ0) is 16.3. The van der Waals surface area contributed by atoms with Crippen LogP contribution >= 0.6 is 0 Å². The Morgan fingerprint density at radius 1 is 0.913 bits per heavy atom. The second-order valence-corrected chi connectivity index (χ2v) is 6.58. The Morgan fingerprint density at radius 3 is 2.26 bits per heavy atom. The molecule has 1 heterocycles. The summed E-state index contributed by atoms with van der Waals surface area (Å²) in [5.74, 6) is 1.13. The van der Waals surface area contributed by atoms with Crippen molar-refractivity contribution in [2.24, 2.45) is 21.8 Å². The molecule has 1 aliphatic heterocycles. The molecule has 124 valence electrons. The van der Waals surface area contributed by atoms with Crippen molar-refractivity contribution in [2.45, 2.75) is 65.2 Å².